The Morgan fingerprint density at radius 2 is 1.90 bits per heavy atom. The van der Waals surface area contributed by atoms with Gasteiger partial charge in [-0.1, -0.05) is 11.6 Å². The van der Waals surface area contributed by atoms with Crippen molar-refractivity contribution in [2.24, 2.45) is 0 Å². The van der Waals surface area contributed by atoms with E-state index in [9.17, 15) is 26.9 Å². The predicted molar refractivity (Wildman–Crippen MR) is 67.7 cm³/mol. The van der Waals surface area contributed by atoms with Crippen LogP contribution in [0.1, 0.15) is 0 Å². The van der Waals surface area contributed by atoms with Crippen molar-refractivity contribution in [1.29, 1.82) is 0 Å². The van der Waals surface area contributed by atoms with Gasteiger partial charge in [0.15, 0.2) is 9.84 Å². The number of nitro benzene ring substituents is 1. The smallest absolute Gasteiger partial charge is 0.264 e. The van der Waals surface area contributed by atoms with E-state index in [-0.39, 0.29) is 5.02 Å². The fourth-order valence-electron chi connectivity index (χ4n) is 1.20. The van der Waals surface area contributed by atoms with Gasteiger partial charge in [0.25, 0.3) is 5.69 Å². The van der Waals surface area contributed by atoms with Gasteiger partial charge >= 0.3 is 10.4 Å². The maximum atomic E-state index is 11.9. The molecule has 0 saturated heterocycles. The van der Waals surface area contributed by atoms with E-state index in [1.807, 2.05) is 0 Å². The number of halogens is 1. The molecule has 0 spiro atoms. The molecule has 0 unspecified atom stereocenters. The van der Waals surface area contributed by atoms with Crippen LogP contribution < -0.4 is 0 Å². The molecule has 112 valence electrons. The molecule has 12 heteroatoms. The Morgan fingerprint density at radius 1 is 1.30 bits per heavy atom. The number of benzene rings is 1. The lowest BCUT2D eigenvalue weighted by molar-refractivity contribution is -0.385. The molecule has 9 nitrogen and oxygen atoms in total. The van der Waals surface area contributed by atoms with E-state index in [1.165, 1.54) is 0 Å². The molecule has 0 aromatic heterocycles. The summed E-state index contributed by atoms with van der Waals surface area (Å²) in [4.78, 5) is 9.24. The summed E-state index contributed by atoms with van der Waals surface area (Å²) in [5, 5.41) is 10.3. The van der Waals surface area contributed by atoms with Crippen molar-refractivity contribution in [2.75, 3.05) is 12.4 Å². The summed E-state index contributed by atoms with van der Waals surface area (Å²) >= 11 is 5.64. The van der Waals surface area contributed by atoms with Gasteiger partial charge in [0.2, 0.25) is 0 Å². The van der Waals surface area contributed by atoms with Crippen LogP contribution in [-0.2, 0) is 24.4 Å². The Labute approximate surface area is 119 Å². The first-order valence-corrected chi connectivity index (χ1v) is 8.21. The third-order valence-electron chi connectivity index (χ3n) is 2.04. The van der Waals surface area contributed by atoms with Gasteiger partial charge in [-0.3, -0.25) is 14.7 Å². The van der Waals surface area contributed by atoms with Gasteiger partial charge in [-0.2, -0.15) is 8.42 Å². The molecule has 0 amide bonds. The van der Waals surface area contributed by atoms with Crippen molar-refractivity contribution in [3.8, 4) is 0 Å². The van der Waals surface area contributed by atoms with Crippen LogP contribution in [0.4, 0.5) is 5.69 Å². The van der Waals surface area contributed by atoms with Crippen molar-refractivity contribution >= 4 is 37.5 Å². The van der Waals surface area contributed by atoms with E-state index in [4.69, 9.17) is 16.2 Å². The molecule has 1 N–H and O–H groups in total. The Morgan fingerprint density at radius 3 is 2.40 bits per heavy atom. The van der Waals surface area contributed by atoms with Crippen molar-refractivity contribution in [1.82, 2.24) is 0 Å². The molecule has 0 atom stereocenters. The first kappa shape index (κ1) is 16.8. The monoisotopic (exact) mass is 345 g/mol. The molecule has 0 heterocycles. The summed E-state index contributed by atoms with van der Waals surface area (Å²) in [6.07, 6.45) is 0. The number of rotatable bonds is 6. The molecule has 1 aromatic carbocycles. The van der Waals surface area contributed by atoms with Crippen molar-refractivity contribution < 1.29 is 30.5 Å². The fraction of sp³-hybridized carbons (Fsp3) is 0.250. The molecule has 1 rings (SSSR count). The number of non-ortho nitro benzene ring substituents is 1. The average molecular weight is 346 g/mol. The van der Waals surface area contributed by atoms with Crippen LogP contribution in [-0.4, -0.2) is 38.7 Å². The zero-order valence-electron chi connectivity index (χ0n) is 9.59. The van der Waals surface area contributed by atoms with Crippen molar-refractivity contribution in [3.63, 3.8) is 0 Å². The van der Waals surface area contributed by atoms with Gasteiger partial charge in [-0.15, -0.1) is 0 Å². The highest BCUT2D eigenvalue weighted by molar-refractivity contribution is 7.91. The fourth-order valence-corrected chi connectivity index (χ4v) is 3.26. The second kappa shape index (κ2) is 6.01. The van der Waals surface area contributed by atoms with Crippen LogP contribution in [0, 0.1) is 10.1 Å². The Hall–Kier alpha value is -1.27. The van der Waals surface area contributed by atoms with Gasteiger partial charge in [0.05, 0.1) is 27.2 Å². The van der Waals surface area contributed by atoms with Crippen LogP contribution >= 0.6 is 11.6 Å². The number of nitro groups is 1. The van der Waals surface area contributed by atoms with E-state index in [2.05, 4.69) is 4.18 Å². The van der Waals surface area contributed by atoms with E-state index in [1.54, 1.807) is 0 Å². The number of nitrogens with zero attached hydrogens (tertiary/aromatic N) is 1. The highest BCUT2D eigenvalue weighted by Crippen LogP contribution is 2.27. The minimum absolute atomic E-state index is 0.248. The standard InChI is InChI=1S/C8H8ClNO8S2/c9-7-2-1-6(10(11)12)5-8(7)19(13,14)4-3-18-20(15,16)17/h1-2,5H,3-4H2,(H,15,16,17). The van der Waals surface area contributed by atoms with Gasteiger partial charge in [0, 0.05) is 12.1 Å². The van der Waals surface area contributed by atoms with E-state index in [0.717, 1.165) is 18.2 Å². The van der Waals surface area contributed by atoms with Crippen molar-refractivity contribution in [3.05, 3.63) is 33.3 Å². The Bertz CT molecular complexity index is 727. The van der Waals surface area contributed by atoms with E-state index < -0.39 is 48.1 Å². The number of hydrogen-bond acceptors (Lipinski definition) is 7. The summed E-state index contributed by atoms with van der Waals surface area (Å²) in [6.45, 7) is -0.847. The second-order valence-electron chi connectivity index (χ2n) is 3.44. The Kier molecular flexibility index (Phi) is 5.05. The SMILES string of the molecule is O=[N+]([O-])c1ccc(Cl)c(S(=O)(=O)CCOS(=O)(=O)O)c1. The van der Waals surface area contributed by atoms with Gasteiger partial charge < -0.3 is 0 Å². The molecular weight excluding hydrogens is 338 g/mol. The zero-order valence-corrected chi connectivity index (χ0v) is 12.0. The summed E-state index contributed by atoms with van der Waals surface area (Å²) in [5.74, 6) is -0.826. The third kappa shape index (κ3) is 4.68. The quantitative estimate of drug-likeness (QED) is 0.454. The molecule has 0 saturated carbocycles. The van der Waals surface area contributed by atoms with Crippen molar-refractivity contribution in [2.45, 2.75) is 4.90 Å². The normalized spacial score (nSPS) is 12.3. The molecule has 0 fully saturated rings. The molecule has 0 aliphatic carbocycles. The molecule has 1 aromatic rings. The zero-order chi connectivity index (χ0) is 15.6. The topological polar surface area (TPSA) is 141 Å². The second-order valence-corrected chi connectivity index (χ2v) is 7.02. The maximum absolute atomic E-state index is 11.9. The summed E-state index contributed by atoms with van der Waals surface area (Å²) in [7, 11) is -8.87. The van der Waals surface area contributed by atoms with Crippen LogP contribution in [0.15, 0.2) is 23.1 Å². The van der Waals surface area contributed by atoms with Crippen LogP contribution in [0.2, 0.25) is 5.02 Å². The van der Waals surface area contributed by atoms with Crippen LogP contribution in [0.5, 0.6) is 0 Å². The maximum Gasteiger partial charge on any atom is 0.397 e. The summed E-state index contributed by atoms with van der Waals surface area (Å²) in [5.41, 5.74) is -0.483. The molecule has 0 aliphatic heterocycles. The van der Waals surface area contributed by atoms with Crippen LogP contribution in [0.3, 0.4) is 0 Å². The first-order valence-electron chi connectivity index (χ1n) is 4.81. The van der Waals surface area contributed by atoms with E-state index in [0.29, 0.717) is 0 Å². The first-order chi connectivity index (χ1) is 9.03. The van der Waals surface area contributed by atoms with Gasteiger partial charge in [-0.05, 0) is 6.07 Å². The lowest BCUT2D eigenvalue weighted by Crippen LogP contribution is -2.16. The minimum Gasteiger partial charge on any atom is -0.264 e. The largest absolute Gasteiger partial charge is 0.397 e. The highest BCUT2D eigenvalue weighted by atomic mass is 35.5. The molecule has 0 radical (unpaired) electrons. The highest BCUT2D eigenvalue weighted by Gasteiger charge is 2.22. The van der Waals surface area contributed by atoms with E-state index >= 15 is 0 Å². The third-order valence-corrected chi connectivity index (χ3v) is 4.66. The molecule has 0 bridgehead atoms. The van der Waals surface area contributed by atoms with Crippen LogP contribution in [0.25, 0.3) is 0 Å². The Balaban J connectivity index is 3.03. The number of sulfone groups is 1. The van der Waals surface area contributed by atoms with Gasteiger partial charge in [-0.25, -0.2) is 12.6 Å². The summed E-state index contributed by atoms with van der Waals surface area (Å²) in [6, 6.07) is 2.82. The average Bonchev–Trinajstić information content (AvgIpc) is 2.26. The molecular formula is C8H8ClNO8S2. The minimum atomic E-state index is -4.77. The number of hydrogen-bond donors (Lipinski definition) is 1. The molecule has 0 aliphatic rings. The predicted octanol–water partition coefficient (Wildman–Crippen LogP) is 0.841. The van der Waals surface area contributed by atoms with Gasteiger partial charge in [0.1, 0.15) is 0 Å². The lowest BCUT2D eigenvalue weighted by atomic mass is 10.3. The summed E-state index contributed by atoms with van der Waals surface area (Å²) < 4.78 is 56.4. The lowest BCUT2D eigenvalue weighted by Gasteiger charge is -2.06. The molecule has 20 heavy (non-hydrogen) atoms.